The number of carbonyl (C=O) groups excluding carboxylic acids is 2. The number of likely N-dealkylation sites (tertiary alicyclic amines) is 1. The molecule has 7 nitrogen and oxygen atoms in total. The minimum Gasteiger partial charge on any atom is -0.339 e. The van der Waals surface area contributed by atoms with Crippen molar-refractivity contribution in [3.8, 4) is 0 Å². The highest BCUT2D eigenvalue weighted by atomic mass is 35.5. The number of aryl methyl sites for hydroxylation is 1. The normalized spacial score (nSPS) is 14.7. The van der Waals surface area contributed by atoms with Gasteiger partial charge < -0.3 is 14.8 Å². The molecule has 2 aromatic heterocycles. The van der Waals surface area contributed by atoms with Gasteiger partial charge >= 0.3 is 0 Å². The van der Waals surface area contributed by atoms with Gasteiger partial charge in [-0.1, -0.05) is 29.8 Å². The van der Waals surface area contributed by atoms with E-state index in [1.165, 1.54) is 16.8 Å². The predicted molar refractivity (Wildman–Crippen MR) is 116 cm³/mol. The lowest BCUT2D eigenvalue weighted by atomic mass is 9.95. The van der Waals surface area contributed by atoms with Gasteiger partial charge in [-0.25, -0.2) is 4.98 Å². The molecule has 3 heterocycles. The monoisotopic (exact) mass is 424 g/mol. The summed E-state index contributed by atoms with van der Waals surface area (Å²) in [5, 5.41) is 4.05. The van der Waals surface area contributed by atoms with Crippen molar-refractivity contribution in [2.75, 3.05) is 18.4 Å². The van der Waals surface area contributed by atoms with Crippen LogP contribution in [0.1, 0.15) is 23.2 Å². The molecule has 1 saturated heterocycles. The summed E-state index contributed by atoms with van der Waals surface area (Å²) in [6.07, 6.45) is 2.58. The summed E-state index contributed by atoms with van der Waals surface area (Å²) < 4.78 is 1.54. The summed E-state index contributed by atoms with van der Waals surface area (Å²) >= 11 is 5.81. The van der Waals surface area contributed by atoms with Crippen molar-refractivity contribution in [3.05, 3.63) is 69.6 Å². The summed E-state index contributed by atoms with van der Waals surface area (Å²) in [7, 11) is 1.69. The summed E-state index contributed by atoms with van der Waals surface area (Å²) in [5.74, 6) is -0.0421. The number of para-hydroxylation sites is 1. The Labute approximate surface area is 178 Å². The lowest BCUT2D eigenvalue weighted by molar-refractivity contribution is -0.121. The van der Waals surface area contributed by atoms with Crippen LogP contribution in [-0.4, -0.2) is 39.4 Å². The molecule has 0 saturated carbocycles. The number of nitrogens with one attached hydrogen (secondary N) is 1. The molecule has 1 aliphatic rings. The molecule has 2 amide bonds. The third kappa shape index (κ3) is 3.93. The van der Waals surface area contributed by atoms with Gasteiger partial charge in [0.1, 0.15) is 5.82 Å². The highest BCUT2D eigenvalue weighted by Gasteiger charge is 2.29. The third-order valence-electron chi connectivity index (χ3n) is 5.52. The van der Waals surface area contributed by atoms with Gasteiger partial charge in [-0.15, -0.1) is 0 Å². The zero-order valence-electron chi connectivity index (χ0n) is 16.5. The Hall–Kier alpha value is -3.19. The number of hydrogen-bond acceptors (Lipinski definition) is 4. The van der Waals surface area contributed by atoms with Crippen molar-refractivity contribution < 1.29 is 9.59 Å². The molecular formula is C22H21ClN4O3. The van der Waals surface area contributed by atoms with Crippen molar-refractivity contribution in [3.63, 3.8) is 0 Å². The number of anilines is 1. The van der Waals surface area contributed by atoms with Crippen LogP contribution in [0.3, 0.4) is 0 Å². The molecule has 0 aliphatic carbocycles. The predicted octanol–water partition coefficient (Wildman–Crippen LogP) is 3.08. The fourth-order valence-corrected chi connectivity index (χ4v) is 3.89. The lowest BCUT2D eigenvalue weighted by Gasteiger charge is -2.31. The summed E-state index contributed by atoms with van der Waals surface area (Å²) in [6.45, 7) is 0.906. The molecule has 3 aromatic rings. The number of piperidine rings is 1. The second kappa shape index (κ2) is 8.28. The SMILES string of the molecule is Cn1c(=O)cc(C(=O)N2CCC(C(=O)Nc3ccc(Cl)cn3)CC2)c2ccccc21. The maximum atomic E-state index is 13.1. The highest BCUT2D eigenvalue weighted by molar-refractivity contribution is 6.30. The van der Waals surface area contributed by atoms with Crippen molar-refractivity contribution >= 4 is 40.1 Å². The molecule has 0 atom stereocenters. The zero-order valence-corrected chi connectivity index (χ0v) is 17.2. The van der Waals surface area contributed by atoms with Gasteiger partial charge in [-0.3, -0.25) is 14.4 Å². The van der Waals surface area contributed by atoms with E-state index < -0.39 is 0 Å². The Morgan fingerprint density at radius 2 is 1.87 bits per heavy atom. The van der Waals surface area contributed by atoms with Crippen LogP contribution in [0.5, 0.6) is 0 Å². The Bertz CT molecular complexity index is 1170. The van der Waals surface area contributed by atoms with Crippen LogP contribution in [0.25, 0.3) is 10.9 Å². The molecule has 0 spiro atoms. The van der Waals surface area contributed by atoms with E-state index in [1.807, 2.05) is 24.3 Å². The molecular weight excluding hydrogens is 404 g/mol. The zero-order chi connectivity index (χ0) is 21.3. The maximum Gasteiger partial charge on any atom is 0.254 e. The minimum absolute atomic E-state index is 0.115. The number of amides is 2. The van der Waals surface area contributed by atoms with Crippen LogP contribution in [0.15, 0.2) is 53.5 Å². The number of halogens is 1. The van der Waals surface area contributed by atoms with Crippen LogP contribution in [-0.2, 0) is 11.8 Å². The van der Waals surface area contributed by atoms with E-state index in [9.17, 15) is 14.4 Å². The molecule has 1 aromatic carbocycles. The Balaban J connectivity index is 1.46. The number of aromatic nitrogens is 2. The maximum absolute atomic E-state index is 13.1. The quantitative estimate of drug-likeness (QED) is 0.700. The van der Waals surface area contributed by atoms with Gasteiger partial charge in [0.05, 0.1) is 16.1 Å². The molecule has 8 heteroatoms. The van der Waals surface area contributed by atoms with Gasteiger partial charge in [-0.05, 0) is 31.0 Å². The third-order valence-corrected chi connectivity index (χ3v) is 5.74. The topological polar surface area (TPSA) is 84.3 Å². The van der Waals surface area contributed by atoms with Crippen molar-refractivity contribution in [1.29, 1.82) is 0 Å². The molecule has 30 heavy (non-hydrogen) atoms. The second-order valence-electron chi connectivity index (χ2n) is 7.39. The van der Waals surface area contributed by atoms with E-state index in [-0.39, 0.29) is 23.3 Å². The first-order valence-electron chi connectivity index (χ1n) is 9.74. The molecule has 0 unspecified atom stereocenters. The van der Waals surface area contributed by atoms with Crippen molar-refractivity contribution in [2.45, 2.75) is 12.8 Å². The van der Waals surface area contributed by atoms with E-state index in [2.05, 4.69) is 10.3 Å². The number of pyridine rings is 2. The van der Waals surface area contributed by atoms with Gasteiger partial charge in [-0.2, -0.15) is 0 Å². The van der Waals surface area contributed by atoms with Gasteiger partial charge in [0.15, 0.2) is 0 Å². The summed E-state index contributed by atoms with van der Waals surface area (Å²) in [6, 6.07) is 12.1. The number of carbonyl (C=O) groups is 2. The average molecular weight is 425 g/mol. The minimum atomic E-state index is -0.221. The van der Waals surface area contributed by atoms with Crippen LogP contribution in [0.4, 0.5) is 5.82 Å². The van der Waals surface area contributed by atoms with Crippen molar-refractivity contribution in [1.82, 2.24) is 14.5 Å². The smallest absolute Gasteiger partial charge is 0.254 e. The highest BCUT2D eigenvalue weighted by Crippen LogP contribution is 2.23. The molecule has 1 fully saturated rings. The fraction of sp³-hybridized carbons (Fsp3) is 0.273. The number of nitrogens with zero attached hydrogens (tertiary/aromatic N) is 3. The van der Waals surface area contributed by atoms with Crippen molar-refractivity contribution in [2.24, 2.45) is 13.0 Å². The molecule has 0 radical (unpaired) electrons. The number of rotatable bonds is 3. The van der Waals surface area contributed by atoms with E-state index in [0.29, 0.717) is 42.3 Å². The number of benzene rings is 1. The first-order valence-corrected chi connectivity index (χ1v) is 10.1. The standard InChI is InChI=1S/C22H21ClN4O3/c1-26-18-5-3-2-4-16(18)17(12-20(26)28)22(30)27-10-8-14(9-11-27)21(29)25-19-7-6-15(23)13-24-19/h2-7,12-14H,8-11H2,1H3,(H,24,25,29). The first-order chi connectivity index (χ1) is 14.4. The molecule has 4 rings (SSSR count). The van der Waals surface area contributed by atoms with Crippen LogP contribution < -0.4 is 10.9 Å². The van der Waals surface area contributed by atoms with Gasteiger partial charge in [0, 0.05) is 43.7 Å². The molecule has 1 N–H and O–H groups in total. The fourth-order valence-electron chi connectivity index (χ4n) is 3.78. The molecule has 1 aliphatic heterocycles. The van der Waals surface area contributed by atoms with E-state index in [1.54, 1.807) is 24.1 Å². The van der Waals surface area contributed by atoms with Gasteiger partial charge in [0.25, 0.3) is 11.5 Å². The lowest BCUT2D eigenvalue weighted by Crippen LogP contribution is -2.42. The second-order valence-corrected chi connectivity index (χ2v) is 7.83. The first kappa shape index (κ1) is 20.1. The molecule has 0 bridgehead atoms. The van der Waals surface area contributed by atoms with Crippen LogP contribution in [0, 0.1) is 5.92 Å². The van der Waals surface area contributed by atoms with E-state index in [4.69, 9.17) is 11.6 Å². The van der Waals surface area contributed by atoms with E-state index >= 15 is 0 Å². The summed E-state index contributed by atoms with van der Waals surface area (Å²) in [4.78, 5) is 43.8. The molecule has 154 valence electrons. The number of fused-ring (bicyclic) bond motifs is 1. The van der Waals surface area contributed by atoms with Crippen LogP contribution in [0.2, 0.25) is 5.02 Å². The summed E-state index contributed by atoms with van der Waals surface area (Å²) in [5.41, 5.74) is 0.904. The average Bonchev–Trinajstić information content (AvgIpc) is 2.77. The Morgan fingerprint density at radius 1 is 1.13 bits per heavy atom. The largest absolute Gasteiger partial charge is 0.339 e. The van der Waals surface area contributed by atoms with Gasteiger partial charge in [0.2, 0.25) is 5.91 Å². The number of hydrogen-bond donors (Lipinski definition) is 1. The van der Waals surface area contributed by atoms with E-state index in [0.717, 1.165) is 10.9 Å². The Kier molecular flexibility index (Phi) is 5.55. The Morgan fingerprint density at radius 3 is 2.57 bits per heavy atom. The van der Waals surface area contributed by atoms with Crippen LogP contribution >= 0.6 is 11.6 Å².